The lowest BCUT2D eigenvalue weighted by Crippen LogP contribution is -2.32. The van der Waals surface area contributed by atoms with E-state index >= 15 is 0 Å². The van der Waals surface area contributed by atoms with Crippen LogP contribution in [0, 0.1) is 5.41 Å². The van der Waals surface area contributed by atoms with Crippen molar-refractivity contribution in [3.05, 3.63) is 0 Å². The first-order valence-electron chi connectivity index (χ1n) is 6.84. The molecule has 1 aliphatic carbocycles. The lowest BCUT2D eigenvalue weighted by molar-refractivity contribution is 0.0498. The highest BCUT2D eigenvalue weighted by molar-refractivity contribution is 4.94. The average molecular weight is 226 g/mol. The molecule has 0 aromatic carbocycles. The first kappa shape index (κ1) is 12.3. The zero-order valence-electron chi connectivity index (χ0n) is 10.5. The summed E-state index contributed by atoms with van der Waals surface area (Å²) in [4.78, 5) is 0. The van der Waals surface area contributed by atoms with Gasteiger partial charge in [0.15, 0.2) is 0 Å². The molecule has 0 spiro atoms. The molecule has 1 heterocycles. The van der Waals surface area contributed by atoms with Gasteiger partial charge < -0.3 is 15.8 Å². The number of ether oxygens (including phenoxy) is 1. The van der Waals surface area contributed by atoms with E-state index in [9.17, 15) is 0 Å². The Bertz CT molecular complexity index is 216. The SMILES string of the molecule is CCCC1(CNCC2CCC(CN)O2)CC1. The van der Waals surface area contributed by atoms with Gasteiger partial charge in [0.25, 0.3) is 0 Å². The molecular weight excluding hydrogens is 200 g/mol. The van der Waals surface area contributed by atoms with Crippen LogP contribution in [0.1, 0.15) is 45.4 Å². The van der Waals surface area contributed by atoms with E-state index in [0.29, 0.717) is 24.2 Å². The molecule has 2 aliphatic rings. The monoisotopic (exact) mass is 226 g/mol. The summed E-state index contributed by atoms with van der Waals surface area (Å²) in [6.07, 6.45) is 8.59. The summed E-state index contributed by atoms with van der Waals surface area (Å²) >= 11 is 0. The second-order valence-electron chi connectivity index (χ2n) is 5.57. The smallest absolute Gasteiger partial charge is 0.0704 e. The zero-order valence-corrected chi connectivity index (χ0v) is 10.5. The second kappa shape index (κ2) is 5.48. The first-order valence-corrected chi connectivity index (χ1v) is 6.84. The van der Waals surface area contributed by atoms with Gasteiger partial charge in [0.05, 0.1) is 12.2 Å². The Labute approximate surface area is 99.1 Å². The third kappa shape index (κ3) is 3.19. The van der Waals surface area contributed by atoms with Crippen molar-refractivity contribution in [2.45, 2.75) is 57.7 Å². The number of nitrogens with one attached hydrogen (secondary N) is 1. The van der Waals surface area contributed by atoms with Gasteiger partial charge in [-0.3, -0.25) is 0 Å². The van der Waals surface area contributed by atoms with Gasteiger partial charge in [0.1, 0.15) is 0 Å². The summed E-state index contributed by atoms with van der Waals surface area (Å²) in [5.41, 5.74) is 6.25. The molecule has 2 rings (SSSR count). The Morgan fingerprint density at radius 3 is 2.62 bits per heavy atom. The maximum atomic E-state index is 5.82. The van der Waals surface area contributed by atoms with Crippen molar-refractivity contribution >= 4 is 0 Å². The minimum Gasteiger partial charge on any atom is -0.372 e. The van der Waals surface area contributed by atoms with Gasteiger partial charge in [-0.2, -0.15) is 0 Å². The van der Waals surface area contributed by atoms with Crippen LogP contribution < -0.4 is 11.1 Å². The molecule has 0 radical (unpaired) electrons. The lowest BCUT2D eigenvalue weighted by atomic mass is 10.0. The van der Waals surface area contributed by atoms with Gasteiger partial charge in [-0.05, 0) is 37.5 Å². The Morgan fingerprint density at radius 2 is 2.06 bits per heavy atom. The van der Waals surface area contributed by atoms with Crippen molar-refractivity contribution in [2.24, 2.45) is 11.1 Å². The predicted molar refractivity (Wildman–Crippen MR) is 66.4 cm³/mol. The fourth-order valence-corrected chi connectivity index (χ4v) is 2.82. The molecule has 0 aromatic rings. The van der Waals surface area contributed by atoms with E-state index in [1.165, 1.54) is 38.6 Å². The van der Waals surface area contributed by atoms with Gasteiger partial charge in [-0.1, -0.05) is 13.3 Å². The van der Waals surface area contributed by atoms with Crippen molar-refractivity contribution < 1.29 is 4.74 Å². The van der Waals surface area contributed by atoms with Crippen LogP contribution in [-0.2, 0) is 4.74 Å². The lowest BCUT2D eigenvalue weighted by Gasteiger charge is -2.17. The number of hydrogen-bond acceptors (Lipinski definition) is 3. The van der Waals surface area contributed by atoms with Crippen molar-refractivity contribution in [1.82, 2.24) is 5.32 Å². The van der Waals surface area contributed by atoms with Crippen LogP contribution in [-0.4, -0.2) is 31.8 Å². The standard InChI is InChI=1S/C13H26N2O/c1-2-5-13(6-7-13)10-15-9-12-4-3-11(8-14)16-12/h11-12,15H,2-10,14H2,1H3. The van der Waals surface area contributed by atoms with Crippen LogP contribution in [0.3, 0.4) is 0 Å². The molecule has 1 saturated carbocycles. The largest absolute Gasteiger partial charge is 0.372 e. The average Bonchev–Trinajstić information content (AvgIpc) is 2.89. The van der Waals surface area contributed by atoms with E-state index in [1.54, 1.807) is 0 Å². The molecule has 2 fully saturated rings. The normalized spacial score (nSPS) is 31.9. The molecule has 3 heteroatoms. The van der Waals surface area contributed by atoms with Crippen molar-refractivity contribution in [3.63, 3.8) is 0 Å². The Hall–Kier alpha value is -0.120. The third-order valence-electron chi connectivity index (χ3n) is 4.07. The van der Waals surface area contributed by atoms with E-state index in [0.717, 1.165) is 13.0 Å². The molecule has 0 bridgehead atoms. The fraction of sp³-hybridized carbons (Fsp3) is 1.00. The molecule has 0 aromatic heterocycles. The van der Waals surface area contributed by atoms with Crippen molar-refractivity contribution in [2.75, 3.05) is 19.6 Å². The highest BCUT2D eigenvalue weighted by Gasteiger charge is 2.41. The van der Waals surface area contributed by atoms with Gasteiger partial charge >= 0.3 is 0 Å². The van der Waals surface area contributed by atoms with Crippen LogP contribution in [0.5, 0.6) is 0 Å². The van der Waals surface area contributed by atoms with Gasteiger partial charge in [-0.15, -0.1) is 0 Å². The molecule has 1 aliphatic heterocycles. The van der Waals surface area contributed by atoms with Gasteiger partial charge in [-0.25, -0.2) is 0 Å². The van der Waals surface area contributed by atoms with E-state index < -0.39 is 0 Å². The Balaban J connectivity index is 1.58. The highest BCUT2D eigenvalue weighted by atomic mass is 16.5. The van der Waals surface area contributed by atoms with E-state index in [4.69, 9.17) is 10.5 Å². The molecule has 94 valence electrons. The maximum Gasteiger partial charge on any atom is 0.0704 e. The Kier molecular flexibility index (Phi) is 4.22. The zero-order chi connectivity index (χ0) is 11.4. The second-order valence-corrected chi connectivity index (χ2v) is 5.57. The Morgan fingerprint density at radius 1 is 1.31 bits per heavy atom. The molecule has 16 heavy (non-hydrogen) atoms. The van der Waals surface area contributed by atoms with E-state index in [2.05, 4.69) is 12.2 Å². The minimum atomic E-state index is 0.317. The summed E-state index contributed by atoms with van der Waals surface area (Å²) in [6, 6.07) is 0. The molecule has 2 unspecified atom stereocenters. The number of rotatable bonds is 7. The summed E-state index contributed by atoms with van der Waals surface area (Å²) in [6.45, 7) is 5.16. The van der Waals surface area contributed by atoms with Crippen molar-refractivity contribution in [1.29, 1.82) is 0 Å². The molecule has 0 amide bonds. The van der Waals surface area contributed by atoms with Crippen LogP contribution in [0.15, 0.2) is 0 Å². The molecule has 3 N–H and O–H groups in total. The minimum absolute atomic E-state index is 0.317. The third-order valence-corrected chi connectivity index (χ3v) is 4.07. The summed E-state index contributed by atoms with van der Waals surface area (Å²) < 4.78 is 5.82. The molecular formula is C13H26N2O. The summed E-state index contributed by atoms with van der Waals surface area (Å²) in [7, 11) is 0. The van der Waals surface area contributed by atoms with Gasteiger partial charge in [0, 0.05) is 19.6 Å². The highest BCUT2D eigenvalue weighted by Crippen LogP contribution is 2.48. The van der Waals surface area contributed by atoms with Gasteiger partial charge in [0.2, 0.25) is 0 Å². The van der Waals surface area contributed by atoms with E-state index in [1.807, 2.05) is 0 Å². The van der Waals surface area contributed by atoms with Crippen LogP contribution >= 0.6 is 0 Å². The number of nitrogens with two attached hydrogens (primary N) is 1. The first-order chi connectivity index (χ1) is 7.78. The van der Waals surface area contributed by atoms with E-state index in [-0.39, 0.29) is 0 Å². The number of hydrogen-bond donors (Lipinski definition) is 2. The van der Waals surface area contributed by atoms with Crippen molar-refractivity contribution in [3.8, 4) is 0 Å². The maximum absolute atomic E-state index is 5.82. The predicted octanol–water partition coefficient (Wildman–Crippen LogP) is 1.66. The molecule has 3 nitrogen and oxygen atoms in total. The van der Waals surface area contributed by atoms with Crippen LogP contribution in [0.2, 0.25) is 0 Å². The fourth-order valence-electron chi connectivity index (χ4n) is 2.82. The summed E-state index contributed by atoms with van der Waals surface area (Å²) in [5.74, 6) is 0. The summed E-state index contributed by atoms with van der Waals surface area (Å²) in [5, 5.41) is 3.59. The topological polar surface area (TPSA) is 47.3 Å². The molecule has 1 saturated heterocycles. The molecule has 2 atom stereocenters. The van der Waals surface area contributed by atoms with Crippen LogP contribution in [0.4, 0.5) is 0 Å². The van der Waals surface area contributed by atoms with Crippen LogP contribution in [0.25, 0.3) is 0 Å². The quantitative estimate of drug-likeness (QED) is 0.694.